The summed E-state index contributed by atoms with van der Waals surface area (Å²) in [6.07, 6.45) is 2.53. The summed E-state index contributed by atoms with van der Waals surface area (Å²) >= 11 is 0. The van der Waals surface area contributed by atoms with Crippen molar-refractivity contribution in [3.63, 3.8) is 0 Å². The van der Waals surface area contributed by atoms with Crippen LogP contribution < -0.4 is 5.73 Å². The Balaban J connectivity index is 2.71. The zero-order chi connectivity index (χ0) is 11.5. The van der Waals surface area contributed by atoms with E-state index in [0.29, 0.717) is 6.54 Å². The van der Waals surface area contributed by atoms with Gasteiger partial charge < -0.3 is 10.5 Å². The van der Waals surface area contributed by atoms with Gasteiger partial charge in [-0.25, -0.2) is 0 Å². The Bertz CT molecular complexity index is 206. The van der Waals surface area contributed by atoms with E-state index in [2.05, 4.69) is 25.7 Å². The SMILES string of the molecule is CCOCC(C)(CN)N1CCCC1(C)C. The molecule has 1 aliphatic heterocycles. The van der Waals surface area contributed by atoms with Crippen molar-refractivity contribution < 1.29 is 4.74 Å². The first-order valence-electron chi connectivity index (χ1n) is 6.02. The monoisotopic (exact) mass is 214 g/mol. The summed E-state index contributed by atoms with van der Waals surface area (Å²) in [7, 11) is 0. The number of likely N-dealkylation sites (tertiary alicyclic amines) is 1. The molecule has 3 heteroatoms. The average Bonchev–Trinajstić information content (AvgIpc) is 2.55. The van der Waals surface area contributed by atoms with E-state index in [1.165, 1.54) is 12.8 Å². The quantitative estimate of drug-likeness (QED) is 0.755. The summed E-state index contributed by atoms with van der Waals surface area (Å²) in [4.78, 5) is 2.52. The van der Waals surface area contributed by atoms with Gasteiger partial charge in [0.25, 0.3) is 0 Å². The molecule has 0 bridgehead atoms. The van der Waals surface area contributed by atoms with Crippen LogP contribution in [0.5, 0.6) is 0 Å². The highest BCUT2D eigenvalue weighted by Crippen LogP contribution is 2.34. The molecule has 0 aromatic heterocycles. The number of hydrogen-bond acceptors (Lipinski definition) is 3. The molecule has 2 N–H and O–H groups in total. The van der Waals surface area contributed by atoms with Gasteiger partial charge in [0.05, 0.1) is 12.1 Å². The molecule has 0 amide bonds. The summed E-state index contributed by atoms with van der Waals surface area (Å²) in [6, 6.07) is 0. The first kappa shape index (κ1) is 12.9. The molecule has 0 radical (unpaired) electrons. The van der Waals surface area contributed by atoms with Gasteiger partial charge >= 0.3 is 0 Å². The van der Waals surface area contributed by atoms with E-state index in [9.17, 15) is 0 Å². The van der Waals surface area contributed by atoms with E-state index in [-0.39, 0.29) is 11.1 Å². The Hall–Kier alpha value is -0.120. The third-order valence-corrected chi connectivity index (χ3v) is 3.61. The molecule has 1 unspecified atom stereocenters. The van der Waals surface area contributed by atoms with Crippen molar-refractivity contribution in [2.24, 2.45) is 5.73 Å². The van der Waals surface area contributed by atoms with Crippen molar-refractivity contribution in [3.8, 4) is 0 Å². The van der Waals surface area contributed by atoms with Crippen LogP contribution in [0.15, 0.2) is 0 Å². The summed E-state index contributed by atoms with van der Waals surface area (Å²) in [5, 5.41) is 0. The van der Waals surface area contributed by atoms with Gasteiger partial charge in [0.2, 0.25) is 0 Å². The highest BCUT2D eigenvalue weighted by atomic mass is 16.5. The van der Waals surface area contributed by atoms with E-state index in [1.54, 1.807) is 0 Å². The lowest BCUT2D eigenvalue weighted by atomic mass is 9.93. The lowest BCUT2D eigenvalue weighted by Crippen LogP contribution is -2.59. The average molecular weight is 214 g/mol. The Morgan fingerprint density at radius 1 is 1.47 bits per heavy atom. The fourth-order valence-electron chi connectivity index (χ4n) is 2.68. The number of nitrogens with two attached hydrogens (primary N) is 1. The Labute approximate surface area is 94.0 Å². The first-order chi connectivity index (χ1) is 6.96. The molecule has 0 aromatic rings. The number of nitrogens with zero attached hydrogens (tertiary/aromatic N) is 1. The fraction of sp³-hybridized carbons (Fsp3) is 1.00. The van der Waals surface area contributed by atoms with Crippen LogP contribution in [0.1, 0.15) is 40.5 Å². The van der Waals surface area contributed by atoms with Crippen LogP contribution in [0.25, 0.3) is 0 Å². The van der Waals surface area contributed by atoms with E-state index >= 15 is 0 Å². The maximum absolute atomic E-state index is 5.93. The predicted molar refractivity (Wildman–Crippen MR) is 64.0 cm³/mol. The third-order valence-electron chi connectivity index (χ3n) is 3.61. The number of ether oxygens (including phenoxy) is 1. The van der Waals surface area contributed by atoms with Gasteiger partial charge in [-0.15, -0.1) is 0 Å². The standard InChI is InChI=1S/C12H26N2O/c1-5-15-10-12(4,9-13)14-8-6-7-11(14,2)3/h5-10,13H2,1-4H3. The highest BCUT2D eigenvalue weighted by Gasteiger charge is 2.42. The van der Waals surface area contributed by atoms with E-state index < -0.39 is 0 Å². The minimum absolute atomic E-state index is 0.00396. The maximum Gasteiger partial charge on any atom is 0.0660 e. The zero-order valence-electron chi connectivity index (χ0n) is 10.7. The molecule has 1 aliphatic rings. The minimum Gasteiger partial charge on any atom is -0.380 e. The summed E-state index contributed by atoms with van der Waals surface area (Å²) < 4.78 is 5.57. The zero-order valence-corrected chi connectivity index (χ0v) is 10.7. The van der Waals surface area contributed by atoms with Crippen LogP contribution in [0, 0.1) is 0 Å². The minimum atomic E-state index is -0.00396. The van der Waals surface area contributed by atoms with Gasteiger partial charge in [0, 0.05) is 18.7 Å². The van der Waals surface area contributed by atoms with Crippen LogP contribution in [0.4, 0.5) is 0 Å². The van der Waals surface area contributed by atoms with E-state index in [4.69, 9.17) is 10.5 Å². The Kier molecular flexibility index (Phi) is 4.15. The normalized spacial score (nSPS) is 25.4. The number of hydrogen-bond donors (Lipinski definition) is 1. The van der Waals surface area contributed by atoms with Gasteiger partial charge in [-0.1, -0.05) is 0 Å². The van der Waals surface area contributed by atoms with E-state index in [0.717, 1.165) is 19.8 Å². The molecule has 1 fully saturated rings. The second-order valence-electron chi connectivity index (χ2n) is 5.41. The molecule has 1 saturated heterocycles. The fourth-order valence-corrected chi connectivity index (χ4v) is 2.68. The number of rotatable bonds is 5. The second-order valence-corrected chi connectivity index (χ2v) is 5.41. The summed E-state index contributed by atoms with van der Waals surface area (Å²) in [5.41, 5.74) is 6.19. The van der Waals surface area contributed by atoms with Crippen molar-refractivity contribution in [2.75, 3.05) is 26.3 Å². The van der Waals surface area contributed by atoms with Crippen LogP contribution in [-0.4, -0.2) is 42.3 Å². The van der Waals surface area contributed by atoms with Gasteiger partial charge in [0.1, 0.15) is 0 Å². The molecule has 3 nitrogen and oxygen atoms in total. The van der Waals surface area contributed by atoms with Crippen LogP contribution in [0.3, 0.4) is 0 Å². The molecule has 0 aliphatic carbocycles. The maximum atomic E-state index is 5.93. The molecule has 0 saturated carbocycles. The second kappa shape index (κ2) is 4.81. The highest BCUT2D eigenvalue weighted by molar-refractivity contribution is 4.99. The van der Waals surface area contributed by atoms with Crippen molar-refractivity contribution in [3.05, 3.63) is 0 Å². The van der Waals surface area contributed by atoms with Crippen molar-refractivity contribution >= 4 is 0 Å². The summed E-state index contributed by atoms with van der Waals surface area (Å²) in [6.45, 7) is 12.2. The molecule has 0 spiro atoms. The van der Waals surface area contributed by atoms with Gasteiger partial charge in [-0.3, -0.25) is 4.90 Å². The van der Waals surface area contributed by atoms with Crippen molar-refractivity contribution in [1.82, 2.24) is 4.90 Å². The van der Waals surface area contributed by atoms with Gasteiger partial charge in [0.15, 0.2) is 0 Å². The molecular formula is C12H26N2O. The van der Waals surface area contributed by atoms with Crippen molar-refractivity contribution in [1.29, 1.82) is 0 Å². The molecular weight excluding hydrogens is 188 g/mol. The van der Waals surface area contributed by atoms with Gasteiger partial charge in [-0.2, -0.15) is 0 Å². The lowest BCUT2D eigenvalue weighted by molar-refractivity contribution is -0.0207. The topological polar surface area (TPSA) is 38.5 Å². The Morgan fingerprint density at radius 3 is 2.53 bits per heavy atom. The summed E-state index contributed by atoms with van der Waals surface area (Å²) in [5.74, 6) is 0. The third kappa shape index (κ3) is 2.71. The van der Waals surface area contributed by atoms with Crippen molar-refractivity contribution in [2.45, 2.75) is 51.6 Å². The molecule has 1 heterocycles. The molecule has 90 valence electrons. The lowest BCUT2D eigenvalue weighted by Gasteiger charge is -2.45. The van der Waals surface area contributed by atoms with E-state index in [1.807, 2.05) is 6.92 Å². The molecule has 1 atom stereocenters. The first-order valence-corrected chi connectivity index (χ1v) is 6.02. The van der Waals surface area contributed by atoms with Crippen LogP contribution in [0.2, 0.25) is 0 Å². The molecule has 1 rings (SSSR count). The molecule has 15 heavy (non-hydrogen) atoms. The molecule has 0 aromatic carbocycles. The largest absolute Gasteiger partial charge is 0.380 e. The van der Waals surface area contributed by atoms with Gasteiger partial charge in [-0.05, 0) is 47.1 Å². The predicted octanol–water partition coefficient (Wildman–Crippen LogP) is 1.61. The Morgan fingerprint density at radius 2 is 2.13 bits per heavy atom. The van der Waals surface area contributed by atoms with Crippen LogP contribution in [-0.2, 0) is 4.74 Å². The van der Waals surface area contributed by atoms with Crippen LogP contribution >= 0.6 is 0 Å². The smallest absolute Gasteiger partial charge is 0.0660 e.